The van der Waals surface area contributed by atoms with Gasteiger partial charge in [0.25, 0.3) is 5.91 Å². The molecule has 5 nitrogen and oxygen atoms in total. The van der Waals surface area contributed by atoms with E-state index in [9.17, 15) is 9.59 Å². The number of hydrogen-bond donors (Lipinski definition) is 2. The lowest BCUT2D eigenvalue weighted by molar-refractivity contribution is -0.130. The zero-order valence-corrected chi connectivity index (χ0v) is 10.4. The van der Waals surface area contributed by atoms with Crippen molar-refractivity contribution in [1.29, 1.82) is 0 Å². The van der Waals surface area contributed by atoms with Crippen molar-refractivity contribution >= 4 is 29.1 Å². The van der Waals surface area contributed by atoms with Crippen LogP contribution in [0.25, 0.3) is 0 Å². The van der Waals surface area contributed by atoms with E-state index in [1.54, 1.807) is 6.92 Å². The summed E-state index contributed by atoms with van der Waals surface area (Å²) in [6.07, 6.45) is 1.76. The van der Waals surface area contributed by atoms with Crippen molar-refractivity contribution in [2.75, 3.05) is 6.54 Å². The van der Waals surface area contributed by atoms with Crippen LogP contribution in [-0.4, -0.2) is 33.9 Å². The van der Waals surface area contributed by atoms with E-state index in [2.05, 4.69) is 5.32 Å². The van der Waals surface area contributed by atoms with E-state index >= 15 is 0 Å². The van der Waals surface area contributed by atoms with Gasteiger partial charge in [0.15, 0.2) is 0 Å². The number of thiocarbonyl (C=S) groups is 1. The van der Waals surface area contributed by atoms with Crippen molar-refractivity contribution in [2.45, 2.75) is 38.6 Å². The first-order valence-corrected chi connectivity index (χ1v) is 5.74. The number of nitrogens with two attached hydrogens (primary N) is 1. The predicted octanol–water partition coefficient (Wildman–Crippen LogP) is 0.773. The van der Waals surface area contributed by atoms with Gasteiger partial charge in [0.1, 0.15) is 5.54 Å². The summed E-state index contributed by atoms with van der Waals surface area (Å²) >= 11 is 4.74. The number of carbonyl (C=O) groups excluding carboxylic acids is 2. The number of amides is 3. The summed E-state index contributed by atoms with van der Waals surface area (Å²) in [5.41, 5.74) is 4.60. The highest BCUT2D eigenvalue weighted by Gasteiger charge is 2.45. The Morgan fingerprint density at radius 2 is 2.19 bits per heavy atom. The molecule has 1 rings (SSSR count). The Morgan fingerprint density at radius 1 is 1.56 bits per heavy atom. The van der Waals surface area contributed by atoms with Gasteiger partial charge >= 0.3 is 6.03 Å². The SMILES string of the molecule is CCC1(C)NC(=O)N(CCCC(N)=S)C1=O. The third kappa shape index (κ3) is 2.49. The number of nitrogens with one attached hydrogen (secondary N) is 1. The van der Waals surface area contributed by atoms with Crippen LogP contribution in [0.4, 0.5) is 4.79 Å². The second-order valence-electron chi connectivity index (χ2n) is 4.14. The van der Waals surface area contributed by atoms with Gasteiger partial charge in [-0.2, -0.15) is 0 Å². The van der Waals surface area contributed by atoms with Gasteiger partial charge in [0.2, 0.25) is 0 Å². The van der Waals surface area contributed by atoms with Crippen molar-refractivity contribution in [1.82, 2.24) is 10.2 Å². The maximum Gasteiger partial charge on any atom is 0.325 e. The molecule has 1 fully saturated rings. The van der Waals surface area contributed by atoms with Crippen molar-refractivity contribution < 1.29 is 9.59 Å². The van der Waals surface area contributed by atoms with Gasteiger partial charge < -0.3 is 11.1 Å². The Morgan fingerprint density at radius 3 is 2.62 bits per heavy atom. The van der Waals surface area contributed by atoms with Crippen LogP contribution in [0.3, 0.4) is 0 Å². The molecule has 16 heavy (non-hydrogen) atoms. The molecule has 1 saturated heterocycles. The minimum atomic E-state index is -0.750. The van der Waals surface area contributed by atoms with Crippen molar-refractivity contribution in [3.63, 3.8) is 0 Å². The van der Waals surface area contributed by atoms with E-state index in [1.165, 1.54) is 4.90 Å². The maximum absolute atomic E-state index is 11.9. The summed E-state index contributed by atoms with van der Waals surface area (Å²) in [5, 5.41) is 2.69. The molecule has 6 heteroatoms. The summed E-state index contributed by atoms with van der Waals surface area (Å²) in [7, 11) is 0. The van der Waals surface area contributed by atoms with Crippen LogP contribution in [-0.2, 0) is 4.79 Å². The van der Waals surface area contributed by atoms with Crippen molar-refractivity contribution in [2.24, 2.45) is 5.73 Å². The largest absolute Gasteiger partial charge is 0.393 e. The van der Waals surface area contributed by atoms with Crippen molar-refractivity contribution in [3.8, 4) is 0 Å². The Labute approximate surface area is 100 Å². The van der Waals surface area contributed by atoms with Gasteiger partial charge in [-0.3, -0.25) is 9.69 Å². The minimum absolute atomic E-state index is 0.164. The number of urea groups is 1. The van der Waals surface area contributed by atoms with E-state index in [-0.39, 0.29) is 11.9 Å². The smallest absolute Gasteiger partial charge is 0.325 e. The van der Waals surface area contributed by atoms with Gasteiger partial charge in [-0.05, 0) is 26.2 Å². The highest BCUT2D eigenvalue weighted by atomic mass is 32.1. The molecule has 0 aromatic heterocycles. The molecular weight excluding hydrogens is 226 g/mol. The third-order valence-electron chi connectivity index (χ3n) is 2.86. The summed E-state index contributed by atoms with van der Waals surface area (Å²) in [6.45, 7) is 3.98. The molecule has 1 aliphatic heterocycles. The van der Waals surface area contributed by atoms with E-state index in [1.807, 2.05) is 6.92 Å². The summed E-state index contributed by atoms with van der Waals surface area (Å²) in [4.78, 5) is 25.1. The summed E-state index contributed by atoms with van der Waals surface area (Å²) in [5.74, 6) is -0.164. The first-order valence-electron chi connectivity index (χ1n) is 5.33. The second kappa shape index (κ2) is 4.78. The van der Waals surface area contributed by atoms with E-state index in [4.69, 9.17) is 18.0 Å². The maximum atomic E-state index is 11.9. The lowest BCUT2D eigenvalue weighted by Gasteiger charge is -2.19. The standard InChI is InChI=1S/C10H17N3O2S/c1-3-10(2)8(14)13(9(15)12-10)6-4-5-7(11)16/h3-6H2,1-2H3,(H2,11,16)(H,12,15). The Hall–Kier alpha value is -1.17. The number of rotatable bonds is 5. The van der Waals surface area contributed by atoms with Gasteiger partial charge in [-0.1, -0.05) is 19.1 Å². The Kier molecular flexibility index (Phi) is 3.85. The second-order valence-corrected chi connectivity index (χ2v) is 4.67. The van der Waals surface area contributed by atoms with E-state index in [0.29, 0.717) is 30.8 Å². The number of nitrogens with zero attached hydrogens (tertiary/aromatic N) is 1. The molecule has 90 valence electrons. The topological polar surface area (TPSA) is 75.4 Å². The number of hydrogen-bond acceptors (Lipinski definition) is 3. The van der Waals surface area contributed by atoms with Gasteiger partial charge in [0, 0.05) is 6.54 Å². The zero-order valence-electron chi connectivity index (χ0n) is 9.58. The molecule has 0 aromatic rings. The number of carbonyl (C=O) groups is 2. The lowest BCUT2D eigenvalue weighted by Crippen LogP contribution is -2.43. The average molecular weight is 243 g/mol. The van der Waals surface area contributed by atoms with Crippen LogP contribution in [0.15, 0.2) is 0 Å². The normalized spacial score (nSPS) is 24.8. The third-order valence-corrected chi connectivity index (χ3v) is 3.06. The van der Waals surface area contributed by atoms with E-state index < -0.39 is 5.54 Å². The molecule has 0 bridgehead atoms. The van der Waals surface area contributed by atoms with Crippen LogP contribution in [0, 0.1) is 0 Å². The molecule has 0 aromatic carbocycles. The van der Waals surface area contributed by atoms with E-state index in [0.717, 1.165) is 0 Å². The van der Waals surface area contributed by atoms with Crippen LogP contribution < -0.4 is 11.1 Å². The van der Waals surface area contributed by atoms with Gasteiger partial charge in [-0.25, -0.2) is 4.79 Å². The highest BCUT2D eigenvalue weighted by molar-refractivity contribution is 7.80. The summed E-state index contributed by atoms with van der Waals surface area (Å²) in [6, 6.07) is -0.322. The Balaban J connectivity index is 2.58. The van der Waals surface area contributed by atoms with Crippen LogP contribution in [0.2, 0.25) is 0 Å². The molecule has 1 aliphatic rings. The van der Waals surface area contributed by atoms with Gasteiger partial charge in [-0.15, -0.1) is 0 Å². The quantitative estimate of drug-likeness (QED) is 0.552. The van der Waals surface area contributed by atoms with Crippen LogP contribution in [0.1, 0.15) is 33.1 Å². The molecule has 0 saturated carbocycles. The molecule has 1 heterocycles. The zero-order chi connectivity index (χ0) is 12.3. The molecule has 3 N–H and O–H groups in total. The molecule has 3 amide bonds. The first-order chi connectivity index (χ1) is 7.40. The van der Waals surface area contributed by atoms with Gasteiger partial charge in [0.05, 0.1) is 4.99 Å². The minimum Gasteiger partial charge on any atom is -0.393 e. The van der Waals surface area contributed by atoms with Crippen molar-refractivity contribution in [3.05, 3.63) is 0 Å². The van der Waals surface area contributed by atoms with Crippen LogP contribution in [0.5, 0.6) is 0 Å². The fraction of sp³-hybridized carbons (Fsp3) is 0.700. The number of imide groups is 1. The molecule has 1 atom stereocenters. The molecule has 1 unspecified atom stereocenters. The predicted molar refractivity (Wildman–Crippen MR) is 65.0 cm³/mol. The monoisotopic (exact) mass is 243 g/mol. The average Bonchev–Trinajstić information content (AvgIpc) is 2.42. The van der Waals surface area contributed by atoms with Crippen LogP contribution >= 0.6 is 12.2 Å². The molecule has 0 aliphatic carbocycles. The lowest BCUT2D eigenvalue weighted by atomic mass is 9.99. The first kappa shape index (κ1) is 12.9. The molecular formula is C10H17N3O2S. The Bertz CT molecular complexity index is 332. The fourth-order valence-corrected chi connectivity index (χ4v) is 1.75. The summed E-state index contributed by atoms with van der Waals surface area (Å²) < 4.78 is 0. The molecule has 0 spiro atoms. The highest BCUT2D eigenvalue weighted by Crippen LogP contribution is 2.20. The fourth-order valence-electron chi connectivity index (χ4n) is 1.60. The molecule has 0 radical (unpaired) electrons.